The lowest BCUT2D eigenvalue weighted by molar-refractivity contribution is -0.114. The van der Waals surface area contributed by atoms with Crippen LogP contribution in [0.2, 0.25) is 0 Å². The average molecular weight is 404 g/mol. The van der Waals surface area contributed by atoms with Gasteiger partial charge in [-0.05, 0) is 18.6 Å². The second-order valence-corrected chi connectivity index (χ2v) is 6.34. The number of nitrogen functional groups attached to an aromatic ring is 1. The Morgan fingerprint density at radius 3 is 2.72 bits per heavy atom. The Morgan fingerprint density at radius 1 is 1.34 bits per heavy atom. The number of benzene rings is 1. The van der Waals surface area contributed by atoms with Crippen molar-refractivity contribution in [3.8, 4) is 0 Å². The van der Waals surface area contributed by atoms with E-state index in [1.54, 1.807) is 12.1 Å². The summed E-state index contributed by atoms with van der Waals surface area (Å²) in [7, 11) is 1.45. The number of ether oxygens (including phenoxy) is 1. The Morgan fingerprint density at radius 2 is 2.07 bits per heavy atom. The van der Waals surface area contributed by atoms with Crippen LogP contribution in [-0.4, -0.2) is 35.7 Å². The summed E-state index contributed by atoms with van der Waals surface area (Å²) in [6.07, 6.45) is 3.95. The molecule has 2 aromatic rings. The van der Waals surface area contributed by atoms with E-state index in [9.17, 15) is 18.8 Å². The molecule has 0 unspecified atom stereocenters. The molecule has 1 aromatic carbocycles. The van der Waals surface area contributed by atoms with Gasteiger partial charge in [0, 0.05) is 31.8 Å². The number of H-pyrrole nitrogens is 1. The first-order valence-corrected chi connectivity index (χ1v) is 9.26. The Labute approximate surface area is 167 Å². The molecule has 8 nitrogen and oxygen atoms in total. The van der Waals surface area contributed by atoms with Gasteiger partial charge in [-0.25, -0.2) is 9.18 Å². The zero-order valence-corrected chi connectivity index (χ0v) is 16.5. The molecule has 1 aromatic heterocycles. The van der Waals surface area contributed by atoms with Crippen LogP contribution in [0, 0.1) is 5.82 Å². The minimum atomic E-state index is -0.774. The number of hydrogen-bond donors (Lipinski definition) is 2. The number of unbranched alkanes of at least 4 members (excludes halogenated alkanes) is 1. The number of amides is 1. The van der Waals surface area contributed by atoms with Crippen molar-refractivity contribution in [1.29, 1.82) is 0 Å². The van der Waals surface area contributed by atoms with Crippen LogP contribution in [0.4, 0.5) is 15.9 Å². The van der Waals surface area contributed by atoms with Gasteiger partial charge in [-0.15, -0.1) is 0 Å². The van der Waals surface area contributed by atoms with Gasteiger partial charge in [0.05, 0.1) is 6.61 Å². The van der Waals surface area contributed by atoms with E-state index in [-0.39, 0.29) is 30.2 Å². The molecule has 0 saturated heterocycles. The zero-order chi connectivity index (χ0) is 21.4. The predicted molar refractivity (Wildman–Crippen MR) is 110 cm³/mol. The smallest absolute Gasteiger partial charge is 0.330 e. The van der Waals surface area contributed by atoms with Crippen LogP contribution in [0.5, 0.6) is 0 Å². The second kappa shape index (κ2) is 10.4. The number of nitrogens with two attached hydrogens (primary N) is 1. The van der Waals surface area contributed by atoms with Gasteiger partial charge in [0.1, 0.15) is 11.6 Å². The topological polar surface area (TPSA) is 110 Å². The van der Waals surface area contributed by atoms with Gasteiger partial charge < -0.3 is 10.5 Å². The molecule has 0 spiro atoms. The van der Waals surface area contributed by atoms with Gasteiger partial charge in [0.15, 0.2) is 5.69 Å². The standard InChI is InChI=1S/C20H25FN4O4/c1-3-4-11-25-18(22)17(19(27)23-20(25)28)24(12-13-29-2)16(26)10-9-14-7-5-6-8-15(14)21/h5-10H,3-4,11-13,22H2,1-2H3,(H,23,27,28)/b10-9+. The highest BCUT2D eigenvalue weighted by atomic mass is 19.1. The number of halogens is 1. The van der Waals surface area contributed by atoms with Crippen LogP contribution in [0.1, 0.15) is 25.3 Å². The highest BCUT2D eigenvalue weighted by Gasteiger charge is 2.22. The van der Waals surface area contributed by atoms with E-state index in [1.165, 1.54) is 29.9 Å². The Bertz CT molecular complexity index is 997. The molecule has 29 heavy (non-hydrogen) atoms. The van der Waals surface area contributed by atoms with Crippen molar-refractivity contribution in [3.05, 3.63) is 62.6 Å². The zero-order valence-electron chi connectivity index (χ0n) is 16.5. The monoisotopic (exact) mass is 404 g/mol. The summed E-state index contributed by atoms with van der Waals surface area (Å²) in [5.41, 5.74) is 4.77. The maximum atomic E-state index is 13.8. The van der Waals surface area contributed by atoms with Crippen molar-refractivity contribution in [2.45, 2.75) is 26.3 Å². The quantitative estimate of drug-likeness (QED) is 0.619. The minimum Gasteiger partial charge on any atom is -0.383 e. The van der Waals surface area contributed by atoms with E-state index in [0.717, 1.165) is 17.4 Å². The first-order chi connectivity index (χ1) is 13.9. The number of anilines is 2. The summed E-state index contributed by atoms with van der Waals surface area (Å²) in [5.74, 6) is -1.18. The van der Waals surface area contributed by atoms with Crippen LogP contribution >= 0.6 is 0 Å². The fourth-order valence-electron chi connectivity index (χ4n) is 2.75. The van der Waals surface area contributed by atoms with E-state index in [4.69, 9.17) is 10.5 Å². The number of nitrogens with one attached hydrogen (secondary N) is 1. The molecular formula is C20H25FN4O4. The van der Waals surface area contributed by atoms with E-state index in [1.807, 2.05) is 6.92 Å². The van der Waals surface area contributed by atoms with E-state index in [0.29, 0.717) is 13.0 Å². The highest BCUT2D eigenvalue weighted by molar-refractivity contribution is 6.05. The summed E-state index contributed by atoms with van der Waals surface area (Å²) in [6.45, 7) is 2.42. The van der Waals surface area contributed by atoms with Crippen molar-refractivity contribution < 1.29 is 13.9 Å². The molecule has 0 aliphatic rings. The molecule has 0 saturated carbocycles. The molecule has 156 valence electrons. The third-order valence-electron chi connectivity index (χ3n) is 4.32. The van der Waals surface area contributed by atoms with Crippen LogP contribution in [0.25, 0.3) is 6.08 Å². The fraction of sp³-hybridized carbons (Fsp3) is 0.350. The first-order valence-electron chi connectivity index (χ1n) is 9.26. The van der Waals surface area contributed by atoms with Crippen molar-refractivity contribution in [2.75, 3.05) is 30.9 Å². The van der Waals surface area contributed by atoms with Crippen molar-refractivity contribution >= 4 is 23.5 Å². The largest absolute Gasteiger partial charge is 0.383 e. The van der Waals surface area contributed by atoms with Crippen LogP contribution < -0.4 is 21.9 Å². The number of carbonyl (C=O) groups excluding carboxylic acids is 1. The molecule has 0 aliphatic heterocycles. The number of rotatable bonds is 9. The van der Waals surface area contributed by atoms with E-state index in [2.05, 4.69) is 4.98 Å². The molecule has 9 heteroatoms. The molecular weight excluding hydrogens is 379 g/mol. The summed E-state index contributed by atoms with van der Waals surface area (Å²) in [4.78, 5) is 40.7. The lowest BCUT2D eigenvalue weighted by Crippen LogP contribution is -2.42. The third-order valence-corrected chi connectivity index (χ3v) is 4.32. The molecule has 0 bridgehead atoms. The van der Waals surface area contributed by atoms with Gasteiger partial charge in [0.2, 0.25) is 0 Å². The highest BCUT2D eigenvalue weighted by Crippen LogP contribution is 2.18. The molecule has 3 N–H and O–H groups in total. The molecule has 0 radical (unpaired) electrons. The van der Waals surface area contributed by atoms with Gasteiger partial charge in [-0.3, -0.25) is 24.0 Å². The molecule has 0 atom stereocenters. The fourth-order valence-corrected chi connectivity index (χ4v) is 2.75. The number of nitrogens with zero attached hydrogens (tertiary/aromatic N) is 2. The first kappa shape index (κ1) is 22.1. The normalized spacial score (nSPS) is 11.1. The van der Waals surface area contributed by atoms with Crippen LogP contribution in [-0.2, 0) is 16.1 Å². The summed E-state index contributed by atoms with van der Waals surface area (Å²) in [5, 5.41) is 0. The molecule has 0 fully saturated rings. The Kier molecular flexibility index (Phi) is 7.90. The van der Waals surface area contributed by atoms with Gasteiger partial charge in [-0.2, -0.15) is 0 Å². The number of hydrogen-bond acceptors (Lipinski definition) is 5. The van der Waals surface area contributed by atoms with Gasteiger partial charge in [-0.1, -0.05) is 31.5 Å². The lowest BCUT2D eigenvalue weighted by atomic mass is 10.2. The minimum absolute atomic E-state index is 0.0240. The van der Waals surface area contributed by atoms with E-state index < -0.39 is 23.0 Å². The third kappa shape index (κ3) is 5.41. The molecule has 2 rings (SSSR count). The van der Waals surface area contributed by atoms with Gasteiger partial charge in [0.25, 0.3) is 11.5 Å². The summed E-state index contributed by atoms with van der Waals surface area (Å²) in [6, 6.07) is 5.98. The number of methoxy groups -OCH3 is 1. The molecule has 1 heterocycles. The number of carbonyl (C=O) groups is 1. The molecule has 0 aliphatic carbocycles. The SMILES string of the molecule is CCCCn1c(N)c(N(CCOC)C(=O)/C=C/c2ccccc2F)c(=O)[nH]c1=O. The molecule has 1 amide bonds. The predicted octanol–water partition coefficient (Wildman–Crippen LogP) is 1.75. The number of aromatic amines is 1. The summed E-state index contributed by atoms with van der Waals surface area (Å²) >= 11 is 0. The van der Waals surface area contributed by atoms with E-state index >= 15 is 0 Å². The maximum absolute atomic E-state index is 13.8. The lowest BCUT2D eigenvalue weighted by Gasteiger charge is -2.23. The van der Waals surface area contributed by atoms with Crippen LogP contribution in [0.15, 0.2) is 39.9 Å². The van der Waals surface area contributed by atoms with Crippen molar-refractivity contribution in [2.24, 2.45) is 0 Å². The van der Waals surface area contributed by atoms with Gasteiger partial charge >= 0.3 is 5.69 Å². The number of aromatic nitrogens is 2. The maximum Gasteiger partial charge on any atom is 0.330 e. The van der Waals surface area contributed by atoms with Crippen molar-refractivity contribution in [3.63, 3.8) is 0 Å². The Hall–Kier alpha value is -3.20. The second-order valence-electron chi connectivity index (χ2n) is 6.34. The van der Waals surface area contributed by atoms with Crippen molar-refractivity contribution in [1.82, 2.24) is 9.55 Å². The van der Waals surface area contributed by atoms with Crippen LogP contribution in [0.3, 0.4) is 0 Å². The summed E-state index contributed by atoms with van der Waals surface area (Å²) < 4.78 is 20.1. The average Bonchev–Trinajstić information content (AvgIpc) is 2.69. The Balaban J connectivity index is 2.46.